The summed E-state index contributed by atoms with van der Waals surface area (Å²) in [6.45, 7) is 4.59. The smallest absolute Gasteiger partial charge is 0.114 e. The van der Waals surface area contributed by atoms with Gasteiger partial charge in [-0.05, 0) is 0 Å². The maximum atomic E-state index is 2.30. The van der Waals surface area contributed by atoms with Crippen LogP contribution >= 0.6 is 17.0 Å². The standard InChI is InChI=1S/2C8H17.Al.BrH/c2*1-3-5-7-8-6-4-2;;/h2*1,3-8H2,2H3;;1H. The van der Waals surface area contributed by atoms with Crippen LogP contribution in [0.4, 0.5) is 0 Å². The van der Waals surface area contributed by atoms with Crippen molar-refractivity contribution in [1.82, 2.24) is 0 Å². The fourth-order valence-corrected chi connectivity index (χ4v) is 3.73. The molecule has 0 rings (SSSR count). The van der Waals surface area contributed by atoms with Gasteiger partial charge in [-0.2, -0.15) is 0 Å². The van der Waals surface area contributed by atoms with E-state index in [1.54, 1.807) is 10.6 Å². The summed E-state index contributed by atoms with van der Waals surface area (Å²) >= 11 is 0.794. The van der Waals surface area contributed by atoms with Crippen LogP contribution in [-0.4, -0.2) is 15.2 Å². The van der Waals surface area contributed by atoms with Crippen LogP contribution < -0.4 is 0 Å². The van der Waals surface area contributed by atoms with Crippen LogP contribution in [0.5, 0.6) is 0 Å². The predicted octanol–water partition coefficient (Wildman–Crippen LogP) is 6.83. The molecule has 0 spiro atoms. The highest BCUT2D eigenvalue weighted by Gasteiger charge is 1.95. The minimum absolute atomic E-state index is 0. The third-order valence-corrected chi connectivity index (χ3v) is 5.16. The molecule has 2 heteroatoms. The Morgan fingerprint density at radius 3 is 1.22 bits per heavy atom. The van der Waals surface area contributed by atoms with Crippen LogP contribution in [-0.2, 0) is 0 Å². The first-order valence-corrected chi connectivity index (χ1v) is 9.86. The molecule has 0 bridgehead atoms. The molecule has 0 aromatic rings. The Bertz CT molecular complexity index is 114. The average Bonchev–Trinajstić information content (AvgIpc) is 2.35. The lowest BCUT2D eigenvalue weighted by atomic mass is 10.1. The van der Waals surface area contributed by atoms with Gasteiger partial charge in [-0.25, -0.2) is 0 Å². The molecular formula is C16H35AlBr. The molecule has 0 heterocycles. The van der Waals surface area contributed by atoms with Gasteiger partial charge >= 0.3 is 0 Å². The third kappa shape index (κ3) is 19.4. The normalized spacial score (nSPS) is 10.1. The summed E-state index contributed by atoms with van der Waals surface area (Å²) in [4.78, 5) is 0. The zero-order valence-electron chi connectivity index (χ0n) is 12.9. The zero-order valence-corrected chi connectivity index (χ0v) is 15.8. The fourth-order valence-electron chi connectivity index (χ4n) is 2.28. The lowest BCUT2D eigenvalue weighted by Gasteiger charge is -2.01. The Kier molecular flexibility index (Phi) is 24.1. The van der Waals surface area contributed by atoms with Crippen molar-refractivity contribution in [3.8, 4) is 0 Å². The van der Waals surface area contributed by atoms with Gasteiger partial charge in [0, 0.05) is 0 Å². The van der Waals surface area contributed by atoms with E-state index in [-0.39, 0.29) is 17.0 Å². The van der Waals surface area contributed by atoms with Crippen LogP contribution in [0.2, 0.25) is 10.6 Å². The molecule has 1 radical (unpaired) electrons. The summed E-state index contributed by atoms with van der Waals surface area (Å²) in [6, 6.07) is 0. The number of hydrogen-bond acceptors (Lipinski definition) is 0. The van der Waals surface area contributed by atoms with Gasteiger partial charge in [0.2, 0.25) is 0 Å². The van der Waals surface area contributed by atoms with Crippen molar-refractivity contribution < 1.29 is 0 Å². The average molecular weight is 334 g/mol. The maximum absolute atomic E-state index is 2.30. The van der Waals surface area contributed by atoms with Crippen LogP contribution in [0.3, 0.4) is 0 Å². The van der Waals surface area contributed by atoms with E-state index in [2.05, 4.69) is 13.8 Å². The second-order valence-electron chi connectivity index (χ2n) is 5.40. The minimum atomic E-state index is 0. The molecule has 0 fully saturated rings. The molecule has 0 aliphatic heterocycles. The number of unbranched alkanes of at least 4 members (excludes halogenated alkanes) is 10. The molecule has 0 atom stereocenters. The Morgan fingerprint density at radius 2 is 0.833 bits per heavy atom. The Balaban J connectivity index is 0. The molecule has 0 saturated carbocycles. The van der Waals surface area contributed by atoms with E-state index in [0.717, 1.165) is 15.2 Å². The second-order valence-corrected chi connectivity index (χ2v) is 7.13. The van der Waals surface area contributed by atoms with Crippen molar-refractivity contribution in [3.63, 3.8) is 0 Å². The van der Waals surface area contributed by atoms with Gasteiger partial charge in [0.25, 0.3) is 0 Å². The first-order valence-electron chi connectivity index (χ1n) is 8.23. The van der Waals surface area contributed by atoms with Crippen molar-refractivity contribution in [3.05, 3.63) is 0 Å². The van der Waals surface area contributed by atoms with Crippen LogP contribution in [0.25, 0.3) is 0 Å². The van der Waals surface area contributed by atoms with Gasteiger partial charge in [0.1, 0.15) is 0 Å². The summed E-state index contributed by atoms with van der Waals surface area (Å²) in [6.07, 6.45) is 17.6. The van der Waals surface area contributed by atoms with Gasteiger partial charge in [0.05, 0.1) is 0 Å². The number of halogens is 1. The highest BCUT2D eigenvalue weighted by atomic mass is 79.9. The molecule has 0 aliphatic rings. The Labute approximate surface area is 133 Å². The lowest BCUT2D eigenvalue weighted by Crippen LogP contribution is -1.90. The SMILES string of the molecule is Br.CCCCCCC[CH2][Al][CH2]CCCCCCC. The summed E-state index contributed by atoms with van der Waals surface area (Å²) in [5, 5.41) is 3.14. The molecule has 0 nitrogen and oxygen atoms in total. The molecule has 0 saturated heterocycles. The Morgan fingerprint density at radius 1 is 0.500 bits per heavy atom. The van der Waals surface area contributed by atoms with Crippen molar-refractivity contribution in [1.29, 1.82) is 0 Å². The first-order chi connectivity index (χ1) is 8.41. The minimum Gasteiger partial charge on any atom is -0.114 e. The molecule has 109 valence electrons. The summed E-state index contributed by atoms with van der Waals surface area (Å²) in [5.41, 5.74) is 0. The maximum Gasteiger partial charge on any atom is 0.199 e. The highest BCUT2D eigenvalue weighted by molar-refractivity contribution is 8.93. The van der Waals surface area contributed by atoms with Crippen molar-refractivity contribution in [2.24, 2.45) is 0 Å². The van der Waals surface area contributed by atoms with Crippen LogP contribution in [0, 0.1) is 0 Å². The molecule has 0 aromatic heterocycles. The molecule has 0 N–H and O–H groups in total. The summed E-state index contributed by atoms with van der Waals surface area (Å²) in [7, 11) is 0. The van der Waals surface area contributed by atoms with Gasteiger partial charge in [-0.15, -0.1) is 27.5 Å². The number of rotatable bonds is 14. The molecular weight excluding hydrogens is 299 g/mol. The molecule has 0 unspecified atom stereocenters. The molecule has 18 heavy (non-hydrogen) atoms. The summed E-state index contributed by atoms with van der Waals surface area (Å²) < 4.78 is 0. The van der Waals surface area contributed by atoms with Gasteiger partial charge in [-0.1, -0.05) is 90.9 Å². The van der Waals surface area contributed by atoms with Gasteiger partial charge in [-0.3, -0.25) is 0 Å². The van der Waals surface area contributed by atoms with E-state index in [4.69, 9.17) is 0 Å². The second kappa shape index (κ2) is 20.3. The topological polar surface area (TPSA) is 0 Å². The monoisotopic (exact) mass is 333 g/mol. The quantitative estimate of drug-likeness (QED) is 0.241. The molecule has 0 aliphatic carbocycles. The van der Waals surface area contributed by atoms with E-state index in [1.165, 1.54) is 77.0 Å². The highest BCUT2D eigenvalue weighted by Crippen LogP contribution is 2.10. The van der Waals surface area contributed by atoms with E-state index < -0.39 is 0 Å². The van der Waals surface area contributed by atoms with E-state index >= 15 is 0 Å². The van der Waals surface area contributed by atoms with Crippen molar-refractivity contribution >= 4 is 32.2 Å². The van der Waals surface area contributed by atoms with E-state index in [0.29, 0.717) is 0 Å². The zero-order chi connectivity index (χ0) is 12.6. The van der Waals surface area contributed by atoms with Gasteiger partial charge < -0.3 is 0 Å². The predicted molar refractivity (Wildman–Crippen MR) is 92.4 cm³/mol. The van der Waals surface area contributed by atoms with Crippen molar-refractivity contribution in [2.45, 2.75) is 101 Å². The van der Waals surface area contributed by atoms with Crippen LogP contribution in [0.1, 0.15) is 90.9 Å². The first kappa shape index (κ1) is 21.3. The summed E-state index contributed by atoms with van der Waals surface area (Å²) in [5.74, 6) is 0. The lowest BCUT2D eigenvalue weighted by molar-refractivity contribution is 0.618. The molecule has 0 aromatic carbocycles. The fraction of sp³-hybridized carbons (Fsp3) is 1.00. The van der Waals surface area contributed by atoms with Gasteiger partial charge in [0.15, 0.2) is 15.2 Å². The number of hydrogen-bond donors (Lipinski definition) is 0. The third-order valence-electron chi connectivity index (χ3n) is 3.52. The molecule has 0 amide bonds. The Hall–Kier alpha value is 1.01. The van der Waals surface area contributed by atoms with E-state index in [1.807, 2.05) is 0 Å². The largest absolute Gasteiger partial charge is 0.199 e. The van der Waals surface area contributed by atoms with Crippen molar-refractivity contribution in [2.75, 3.05) is 0 Å². The van der Waals surface area contributed by atoms with E-state index in [9.17, 15) is 0 Å². The van der Waals surface area contributed by atoms with Crippen LogP contribution in [0.15, 0.2) is 0 Å².